The van der Waals surface area contributed by atoms with E-state index in [9.17, 15) is 18.6 Å². The second-order valence-electron chi connectivity index (χ2n) is 4.13. The molecule has 0 aliphatic carbocycles. The zero-order valence-electron chi connectivity index (χ0n) is 9.70. The van der Waals surface area contributed by atoms with Crippen molar-refractivity contribution in [2.24, 2.45) is 0 Å². The summed E-state index contributed by atoms with van der Waals surface area (Å²) < 4.78 is 26.3. The maximum Gasteiger partial charge on any atom is 0.281 e. The van der Waals surface area contributed by atoms with Crippen LogP contribution in [-0.2, 0) is 10.2 Å². The van der Waals surface area contributed by atoms with Crippen molar-refractivity contribution >= 4 is 10.2 Å². The van der Waals surface area contributed by atoms with Crippen LogP contribution in [0.1, 0.15) is 19.8 Å². The lowest BCUT2D eigenvalue weighted by molar-refractivity contribution is 0.0572. The van der Waals surface area contributed by atoms with E-state index in [0.29, 0.717) is 6.54 Å². The molecule has 1 aliphatic heterocycles. The molecule has 1 aliphatic rings. The molecule has 0 amide bonds. The molecular formula is C9H20N2O4S. The van der Waals surface area contributed by atoms with E-state index in [1.807, 2.05) is 6.92 Å². The van der Waals surface area contributed by atoms with Gasteiger partial charge in [0, 0.05) is 26.7 Å². The number of nitrogens with zero attached hydrogens (tertiary/aromatic N) is 2. The zero-order valence-corrected chi connectivity index (χ0v) is 10.5. The Morgan fingerprint density at radius 1 is 1.31 bits per heavy atom. The van der Waals surface area contributed by atoms with Gasteiger partial charge < -0.3 is 10.2 Å². The van der Waals surface area contributed by atoms with Crippen molar-refractivity contribution in [2.45, 2.75) is 32.0 Å². The summed E-state index contributed by atoms with van der Waals surface area (Å²) in [6.07, 6.45) is -0.233. The molecule has 2 atom stereocenters. The number of hydrogen-bond donors (Lipinski definition) is 2. The van der Waals surface area contributed by atoms with Crippen molar-refractivity contribution in [3.8, 4) is 0 Å². The number of aliphatic hydroxyl groups excluding tert-OH is 2. The highest BCUT2D eigenvalue weighted by Crippen LogP contribution is 2.16. The fourth-order valence-electron chi connectivity index (χ4n) is 1.62. The second-order valence-corrected chi connectivity index (χ2v) is 6.17. The molecule has 7 heteroatoms. The van der Waals surface area contributed by atoms with E-state index < -0.39 is 22.4 Å². The molecule has 0 aromatic carbocycles. The van der Waals surface area contributed by atoms with E-state index in [-0.39, 0.29) is 13.1 Å². The molecule has 2 unspecified atom stereocenters. The summed E-state index contributed by atoms with van der Waals surface area (Å²) in [5.74, 6) is 0. The molecule has 0 aromatic heterocycles. The minimum atomic E-state index is -3.53. The van der Waals surface area contributed by atoms with Crippen molar-refractivity contribution in [1.82, 2.24) is 8.61 Å². The Morgan fingerprint density at radius 3 is 2.25 bits per heavy atom. The molecule has 1 heterocycles. The molecule has 1 saturated heterocycles. The standard InChI is InChI=1S/C9H20N2O4S/c1-3-4-5-10(2)16(14,15)11-6-8(12)9(13)7-11/h8-9,12-13H,3-7H2,1-2H3. The number of hydrogen-bond acceptors (Lipinski definition) is 4. The van der Waals surface area contributed by atoms with Gasteiger partial charge in [-0.25, -0.2) is 0 Å². The third-order valence-corrected chi connectivity index (χ3v) is 4.69. The lowest BCUT2D eigenvalue weighted by Gasteiger charge is -2.23. The van der Waals surface area contributed by atoms with Crippen LogP contribution in [-0.4, -0.2) is 66.1 Å². The second kappa shape index (κ2) is 5.42. The zero-order chi connectivity index (χ0) is 12.3. The summed E-state index contributed by atoms with van der Waals surface area (Å²) in [5, 5.41) is 18.6. The highest BCUT2D eigenvalue weighted by atomic mass is 32.2. The average Bonchev–Trinajstić information content (AvgIpc) is 2.56. The summed E-state index contributed by atoms with van der Waals surface area (Å²) in [5.41, 5.74) is 0. The van der Waals surface area contributed by atoms with Crippen molar-refractivity contribution in [1.29, 1.82) is 0 Å². The molecule has 0 saturated carbocycles. The molecule has 1 rings (SSSR count). The first-order valence-electron chi connectivity index (χ1n) is 5.47. The van der Waals surface area contributed by atoms with Gasteiger partial charge in [0.05, 0.1) is 12.2 Å². The van der Waals surface area contributed by atoms with Gasteiger partial charge in [-0.1, -0.05) is 13.3 Å². The molecule has 6 nitrogen and oxygen atoms in total. The van der Waals surface area contributed by atoms with Gasteiger partial charge in [-0.2, -0.15) is 17.0 Å². The predicted octanol–water partition coefficient (Wildman–Crippen LogP) is -0.999. The smallest absolute Gasteiger partial charge is 0.281 e. The van der Waals surface area contributed by atoms with E-state index in [1.54, 1.807) is 0 Å². The topological polar surface area (TPSA) is 81.1 Å². The first-order chi connectivity index (χ1) is 7.39. The van der Waals surface area contributed by atoms with Crippen LogP contribution in [0.15, 0.2) is 0 Å². The highest BCUT2D eigenvalue weighted by molar-refractivity contribution is 7.86. The van der Waals surface area contributed by atoms with E-state index in [0.717, 1.165) is 17.1 Å². The van der Waals surface area contributed by atoms with Crippen molar-refractivity contribution in [2.75, 3.05) is 26.7 Å². The Hall–Kier alpha value is -0.210. The van der Waals surface area contributed by atoms with Gasteiger partial charge >= 0.3 is 0 Å². The molecule has 16 heavy (non-hydrogen) atoms. The molecule has 0 spiro atoms. The summed E-state index contributed by atoms with van der Waals surface area (Å²) in [6.45, 7) is 2.39. The molecular weight excluding hydrogens is 232 g/mol. The third-order valence-electron chi connectivity index (χ3n) is 2.77. The Kier molecular flexibility index (Phi) is 4.69. The van der Waals surface area contributed by atoms with Crippen LogP contribution in [0, 0.1) is 0 Å². The Morgan fingerprint density at radius 2 is 1.81 bits per heavy atom. The summed E-state index contributed by atoms with van der Waals surface area (Å²) in [4.78, 5) is 0. The van der Waals surface area contributed by atoms with Gasteiger partial charge in [-0.15, -0.1) is 0 Å². The fraction of sp³-hybridized carbons (Fsp3) is 1.00. The number of aliphatic hydroxyl groups is 2. The average molecular weight is 252 g/mol. The van der Waals surface area contributed by atoms with Crippen LogP contribution in [0.4, 0.5) is 0 Å². The van der Waals surface area contributed by atoms with E-state index >= 15 is 0 Å². The van der Waals surface area contributed by atoms with Crippen LogP contribution in [0.5, 0.6) is 0 Å². The predicted molar refractivity (Wildman–Crippen MR) is 60.0 cm³/mol. The van der Waals surface area contributed by atoms with Crippen molar-refractivity contribution in [3.05, 3.63) is 0 Å². The molecule has 2 N–H and O–H groups in total. The van der Waals surface area contributed by atoms with E-state index in [2.05, 4.69) is 0 Å². The molecule has 96 valence electrons. The van der Waals surface area contributed by atoms with Crippen LogP contribution in [0.25, 0.3) is 0 Å². The van der Waals surface area contributed by atoms with E-state index in [4.69, 9.17) is 0 Å². The van der Waals surface area contributed by atoms with Gasteiger partial charge in [0.25, 0.3) is 10.2 Å². The fourth-order valence-corrected chi connectivity index (χ4v) is 3.05. The Balaban J connectivity index is 2.64. The summed E-state index contributed by atoms with van der Waals surface area (Å²) in [7, 11) is -2.01. The maximum atomic E-state index is 12.0. The molecule has 0 aromatic rings. The summed E-state index contributed by atoms with van der Waals surface area (Å²) >= 11 is 0. The van der Waals surface area contributed by atoms with Gasteiger partial charge in [0.15, 0.2) is 0 Å². The minimum Gasteiger partial charge on any atom is -0.389 e. The maximum absolute atomic E-state index is 12.0. The lowest BCUT2D eigenvalue weighted by Crippen LogP contribution is -2.41. The largest absolute Gasteiger partial charge is 0.389 e. The third kappa shape index (κ3) is 2.92. The highest BCUT2D eigenvalue weighted by Gasteiger charge is 2.38. The normalized spacial score (nSPS) is 27.8. The summed E-state index contributed by atoms with van der Waals surface area (Å²) in [6, 6.07) is 0. The van der Waals surface area contributed by atoms with Crippen LogP contribution in [0.2, 0.25) is 0 Å². The number of unbranched alkanes of at least 4 members (excludes halogenated alkanes) is 1. The van der Waals surface area contributed by atoms with Crippen molar-refractivity contribution in [3.63, 3.8) is 0 Å². The lowest BCUT2D eigenvalue weighted by atomic mass is 10.3. The van der Waals surface area contributed by atoms with Crippen molar-refractivity contribution < 1.29 is 18.6 Å². The SMILES string of the molecule is CCCCN(C)S(=O)(=O)N1CC(O)C(O)C1. The Bertz CT molecular complexity index is 309. The molecule has 1 fully saturated rings. The van der Waals surface area contributed by atoms with Crippen LogP contribution >= 0.6 is 0 Å². The van der Waals surface area contributed by atoms with Gasteiger partial charge in [0.2, 0.25) is 0 Å². The number of rotatable bonds is 5. The van der Waals surface area contributed by atoms with Crippen LogP contribution < -0.4 is 0 Å². The van der Waals surface area contributed by atoms with Crippen LogP contribution in [0.3, 0.4) is 0 Å². The van der Waals surface area contributed by atoms with E-state index in [1.165, 1.54) is 11.4 Å². The van der Waals surface area contributed by atoms with Gasteiger partial charge in [-0.3, -0.25) is 0 Å². The first kappa shape index (κ1) is 13.9. The number of β-amino-alcohol motifs (C(OH)–C–C–N with tert-alkyl or cyclic N) is 2. The molecule has 0 bridgehead atoms. The monoisotopic (exact) mass is 252 g/mol. The first-order valence-corrected chi connectivity index (χ1v) is 6.86. The quantitative estimate of drug-likeness (QED) is 0.657. The molecule has 0 radical (unpaired) electrons. The van der Waals surface area contributed by atoms with Gasteiger partial charge in [0.1, 0.15) is 0 Å². The Labute approximate surface area is 96.7 Å². The minimum absolute atomic E-state index is 0.0278. The van der Waals surface area contributed by atoms with Gasteiger partial charge in [-0.05, 0) is 6.42 Å².